The molecule has 2 N–H and O–H groups in total. The molecule has 0 bridgehead atoms. The summed E-state index contributed by atoms with van der Waals surface area (Å²) < 4.78 is 5.17. The van der Waals surface area contributed by atoms with Crippen molar-refractivity contribution in [3.05, 3.63) is 36.1 Å². The van der Waals surface area contributed by atoms with E-state index < -0.39 is 0 Å². The van der Waals surface area contributed by atoms with E-state index in [-0.39, 0.29) is 23.7 Å². The number of carbonyl (C=O) groups excluding carboxylic acids is 1. The lowest BCUT2D eigenvalue weighted by Crippen LogP contribution is -2.14. The number of aryl methyl sites for hydroxylation is 1. The smallest absolute Gasteiger partial charge is 0.228 e. The minimum Gasteiger partial charge on any atom is -0.339 e. The van der Waals surface area contributed by atoms with Gasteiger partial charge in [0, 0.05) is 24.5 Å². The van der Waals surface area contributed by atoms with Crippen molar-refractivity contribution in [1.29, 1.82) is 0 Å². The summed E-state index contributed by atoms with van der Waals surface area (Å²) in [5, 5.41) is 14.4. The van der Waals surface area contributed by atoms with Gasteiger partial charge in [-0.25, -0.2) is 0 Å². The van der Waals surface area contributed by atoms with Gasteiger partial charge in [-0.05, 0) is 12.1 Å². The van der Waals surface area contributed by atoms with Crippen molar-refractivity contribution in [3.63, 3.8) is 0 Å². The Labute approximate surface area is 144 Å². The zero-order chi connectivity index (χ0) is 17.9. The number of nitrogens with one attached hydrogen (secondary N) is 2. The highest BCUT2D eigenvalue weighted by Crippen LogP contribution is 2.19. The molecule has 3 heterocycles. The zero-order valence-corrected chi connectivity index (χ0v) is 14.3. The summed E-state index contributed by atoms with van der Waals surface area (Å²) in [6.07, 6.45) is 2.22. The molecular formula is C16H19N7O2. The number of hydrogen-bond acceptors (Lipinski definition) is 7. The van der Waals surface area contributed by atoms with Gasteiger partial charge in [-0.3, -0.25) is 15.1 Å². The van der Waals surface area contributed by atoms with Gasteiger partial charge in [-0.2, -0.15) is 4.98 Å². The summed E-state index contributed by atoms with van der Waals surface area (Å²) in [5.41, 5.74) is 0.460. The molecule has 1 amide bonds. The van der Waals surface area contributed by atoms with Gasteiger partial charge in [0.1, 0.15) is 5.69 Å². The Balaban J connectivity index is 1.55. The van der Waals surface area contributed by atoms with E-state index >= 15 is 0 Å². The number of nitrogens with zero attached hydrogens (tertiary/aromatic N) is 5. The number of aromatic amines is 1. The molecule has 9 nitrogen and oxygen atoms in total. The van der Waals surface area contributed by atoms with Gasteiger partial charge in [-0.1, -0.05) is 32.0 Å². The van der Waals surface area contributed by atoms with Gasteiger partial charge in [-0.15, -0.1) is 10.2 Å². The topological polar surface area (TPSA) is 122 Å². The number of hydrogen-bond donors (Lipinski definition) is 2. The minimum atomic E-state index is -0.223. The molecule has 0 aliphatic heterocycles. The highest BCUT2D eigenvalue weighted by atomic mass is 16.5. The van der Waals surface area contributed by atoms with Gasteiger partial charge >= 0.3 is 0 Å². The Morgan fingerprint density at radius 2 is 2.12 bits per heavy atom. The normalized spacial score (nSPS) is 11.5. The molecule has 0 saturated heterocycles. The molecule has 9 heteroatoms. The fourth-order valence-electron chi connectivity index (χ4n) is 2.01. The quantitative estimate of drug-likeness (QED) is 0.728. The SMILES string of the molecule is CC(C)(C)c1noc(CCC(=O)Nc2nnc(-c3ccccn3)[nH]2)n1. The maximum Gasteiger partial charge on any atom is 0.228 e. The fourth-order valence-corrected chi connectivity index (χ4v) is 2.01. The molecule has 0 unspecified atom stereocenters. The van der Waals surface area contributed by atoms with E-state index in [1.807, 2.05) is 32.9 Å². The van der Waals surface area contributed by atoms with Crippen LogP contribution in [-0.4, -0.2) is 36.2 Å². The number of pyridine rings is 1. The second kappa shape index (κ2) is 6.80. The summed E-state index contributed by atoms with van der Waals surface area (Å²) in [6, 6.07) is 5.46. The molecule has 25 heavy (non-hydrogen) atoms. The molecule has 0 saturated carbocycles. The van der Waals surface area contributed by atoms with Crippen LogP contribution in [0.5, 0.6) is 0 Å². The van der Waals surface area contributed by atoms with Crippen LogP contribution in [0.1, 0.15) is 38.9 Å². The predicted molar refractivity (Wildman–Crippen MR) is 89.6 cm³/mol. The Morgan fingerprint density at radius 1 is 1.28 bits per heavy atom. The van der Waals surface area contributed by atoms with Crippen LogP contribution in [0.3, 0.4) is 0 Å². The summed E-state index contributed by atoms with van der Waals surface area (Å²) in [6.45, 7) is 5.99. The molecular weight excluding hydrogens is 322 g/mol. The lowest BCUT2D eigenvalue weighted by Gasteiger charge is -2.10. The van der Waals surface area contributed by atoms with Crippen LogP contribution >= 0.6 is 0 Å². The van der Waals surface area contributed by atoms with Gasteiger partial charge in [0.25, 0.3) is 0 Å². The van der Waals surface area contributed by atoms with Gasteiger partial charge < -0.3 is 9.51 Å². The molecule has 3 aromatic heterocycles. The van der Waals surface area contributed by atoms with Crippen LogP contribution in [0.25, 0.3) is 11.5 Å². The van der Waals surface area contributed by atoms with Crippen LogP contribution in [0.4, 0.5) is 5.95 Å². The Bertz CT molecular complexity index is 849. The first-order valence-electron chi connectivity index (χ1n) is 7.89. The van der Waals surface area contributed by atoms with Crippen LogP contribution in [0.2, 0.25) is 0 Å². The molecule has 0 spiro atoms. The lowest BCUT2D eigenvalue weighted by atomic mass is 9.96. The molecule has 3 rings (SSSR count). The molecule has 0 radical (unpaired) electrons. The molecule has 0 fully saturated rings. The summed E-state index contributed by atoms with van der Waals surface area (Å²) in [7, 11) is 0. The van der Waals surface area contributed by atoms with Crippen molar-refractivity contribution in [3.8, 4) is 11.5 Å². The Kier molecular flexibility index (Phi) is 4.55. The molecule has 130 valence electrons. The summed E-state index contributed by atoms with van der Waals surface area (Å²) in [4.78, 5) is 23.4. The van der Waals surface area contributed by atoms with E-state index in [0.717, 1.165) is 0 Å². The monoisotopic (exact) mass is 341 g/mol. The fraction of sp³-hybridized carbons (Fsp3) is 0.375. The van der Waals surface area contributed by atoms with Crippen LogP contribution in [0.15, 0.2) is 28.9 Å². The molecule has 0 aromatic carbocycles. The van der Waals surface area contributed by atoms with Crippen molar-refractivity contribution in [2.75, 3.05) is 5.32 Å². The van der Waals surface area contributed by atoms with Gasteiger partial charge in [0.2, 0.25) is 17.7 Å². The van der Waals surface area contributed by atoms with E-state index in [0.29, 0.717) is 29.7 Å². The number of H-pyrrole nitrogens is 1. The first kappa shape index (κ1) is 16.7. The standard InChI is InChI=1S/C16H19N7O2/c1-16(2,3)14-19-12(25-23-14)8-7-11(24)18-15-20-13(21-22-15)10-6-4-5-9-17-10/h4-6,9H,7-8H2,1-3H3,(H2,18,20,21,22,24). The molecule has 0 aliphatic rings. The third kappa shape index (κ3) is 4.25. The Hall–Kier alpha value is -3.10. The largest absolute Gasteiger partial charge is 0.339 e. The van der Waals surface area contributed by atoms with Crippen LogP contribution in [-0.2, 0) is 16.6 Å². The first-order valence-corrected chi connectivity index (χ1v) is 7.89. The van der Waals surface area contributed by atoms with Gasteiger partial charge in [0.15, 0.2) is 11.6 Å². The van der Waals surface area contributed by atoms with Gasteiger partial charge in [0.05, 0.1) is 0 Å². The maximum atomic E-state index is 12.0. The second-order valence-corrected chi connectivity index (χ2v) is 6.55. The number of amides is 1. The second-order valence-electron chi connectivity index (χ2n) is 6.55. The van der Waals surface area contributed by atoms with Crippen LogP contribution < -0.4 is 5.32 Å². The molecule has 0 aliphatic carbocycles. The highest BCUT2D eigenvalue weighted by Gasteiger charge is 2.21. The van der Waals surface area contributed by atoms with Crippen molar-refractivity contribution in [2.45, 2.75) is 39.0 Å². The summed E-state index contributed by atoms with van der Waals surface area (Å²) >= 11 is 0. The number of anilines is 1. The minimum absolute atomic E-state index is 0.189. The number of rotatable bonds is 5. The summed E-state index contributed by atoms with van der Waals surface area (Å²) in [5.74, 6) is 1.60. The maximum absolute atomic E-state index is 12.0. The average molecular weight is 341 g/mol. The van der Waals surface area contributed by atoms with Crippen molar-refractivity contribution >= 4 is 11.9 Å². The van der Waals surface area contributed by atoms with E-state index in [9.17, 15) is 4.79 Å². The zero-order valence-electron chi connectivity index (χ0n) is 14.3. The highest BCUT2D eigenvalue weighted by molar-refractivity contribution is 5.89. The first-order chi connectivity index (χ1) is 11.9. The van der Waals surface area contributed by atoms with Crippen molar-refractivity contribution < 1.29 is 9.32 Å². The Morgan fingerprint density at radius 3 is 2.80 bits per heavy atom. The van der Waals surface area contributed by atoms with E-state index in [1.54, 1.807) is 12.3 Å². The molecule has 0 atom stereocenters. The number of aromatic nitrogens is 6. The predicted octanol–water partition coefficient (Wildman–Crippen LogP) is 2.12. The van der Waals surface area contributed by atoms with Crippen LogP contribution in [0, 0.1) is 0 Å². The third-order valence-corrected chi connectivity index (χ3v) is 3.36. The number of carbonyl (C=O) groups is 1. The third-order valence-electron chi connectivity index (χ3n) is 3.36. The van der Waals surface area contributed by atoms with Crippen molar-refractivity contribution in [1.82, 2.24) is 30.3 Å². The van der Waals surface area contributed by atoms with E-state index in [4.69, 9.17) is 4.52 Å². The lowest BCUT2D eigenvalue weighted by molar-refractivity contribution is -0.116. The van der Waals surface area contributed by atoms with E-state index in [1.165, 1.54) is 0 Å². The van der Waals surface area contributed by atoms with E-state index in [2.05, 4.69) is 35.6 Å². The van der Waals surface area contributed by atoms with Crippen molar-refractivity contribution in [2.24, 2.45) is 0 Å². The average Bonchev–Trinajstić information content (AvgIpc) is 3.23. The molecule has 3 aromatic rings.